The zero-order chi connectivity index (χ0) is 9.05. The van der Waals surface area contributed by atoms with E-state index >= 15 is 0 Å². The van der Waals surface area contributed by atoms with E-state index in [4.69, 9.17) is 27.9 Å². The first-order valence-electron chi connectivity index (χ1n) is 4.08. The molecule has 2 aliphatic rings. The number of rotatable bonds is 0. The summed E-state index contributed by atoms with van der Waals surface area (Å²) in [5.74, 6) is 0. The fourth-order valence-corrected chi connectivity index (χ4v) is 2.32. The predicted molar refractivity (Wildman–Crippen MR) is 47.8 cm³/mol. The fourth-order valence-electron chi connectivity index (χ4n) is 1.81. The minimum absolute atomic E-state index is 0.161. The fraction of sp³-hybridized carbons (Fsp3) is 0.500. The van der Waals surface area contributed by atoms with Crippen molar-refractivity contribution >= 4 is 23.2 Å². The number of hydrogen-bond acceptors (Lipinski definition) is 3. The van der Waals surface area contributed by atoms with Crippen LogP contribution in [0.5, 0.6) is 0 Å². The molecule has 1 saturated carbocycles. The maximum atomic E-state index is 5.95. The van der Waals surface area contributed by atoms with Crippen molar-refractivity contribution in [2.75, 3.05) is 0 Å². The van der Waals surface area contributed by atoms with Crippen molar-refractivity contribution in [1.82, 2.24) is 10.2 Å². The van der Waals surface area contributed by atoms with E-state index < -0.39 is 0 Å². The van der Waals surface area contributed by atoms with Gasteiger partial charge in [-0.15, -0.1) is 10.2 Å². The third-order valence-corrected chi connectivity index (χ3v) is 3.20. The van der Waals surface area contributed by atoms with Gasteiger partial charge in [-0.25, -0.2) is 0 Å². The number of ether oxygens (including phenoxy) is 1. The van der Waals surface area contributed by atoms with Gasteiger partial charge in [0.05, 0.1) is 12.2 Å². The molecule has 0 N–H and O–H groups in total. The molecule has 3 rings (SSSR count). The molecule has 1 spiro atoms. The van der Waals surface area contributed by atoms with Crippen molar-refractivity contribution in [1.29, 1.82) is 0 Å². The summed E-state index contributed by atoms with van der Waals surface area (Å²) in [6.45, 7) is 0.517. The first-order valence-corrected chi connectivity index (χ1v) is 4.83. The van der Waals surface area contributed by atoms with E-state index in [-0.39, 0.29) is 5.60 Å². The number of aromatic nitrogens is 2. The minimum Gasteiger partial charge on any atom is -0.365 e. The van der Waals surface area contributed by atoms with Gasteiger partial charge in [0.1, 0.15) is 0 Å². The molecular formula is C8H6Cl2N2O. The van der Waals surface area contributed by atoms with E-state index in [9.17, 15) is 0 Å². The van der Waals surface area contributed by atoms with Crippen LogP contribution in [0.25, 0.3) is 0 Å². The number of hydrogen-bond donors (Lipinski definition) is 0. The van der Waals surface area contributed by atoms with E-state index in [0.717, 1.165) is 24.0 Å². The van der Waals surface area contributed by atoms with Gasteiger partial charge in [0.15, 0.2) is 10.3 Å². The highest BCUT2D eigenvalue weighted by Crippen LogP contribution is 2.57. The van der Waals surface area contributed by atoms with Crippen LogP contribution in [0.15, 0.2) is 0 Å². The largest absolute Gasteiger partial charge is 0.365 e. The van der Waals surface area contributed by atoms with E-state index in [0.29, 0.717) is 16.9 Å². The minimum atomic E-state index is -0.161. The van der Waals surface area contributed by atoms with Crippen molar-refractivity contribution in [3.8, 4) is 0 Å². The van der Waals surface area contributed by atoms with Crippen LogP contribution in [-0.4, -0.2) is 10.2 Å². The predicted octanol–water partition coefficient (Wildman–Crippen LogP) is 2.30. The molecule has 0 bridgehead atoms. The van der Waals surface area contributed by atoms with Crippen LogP contribution in [0.4, 0.5) is 0 Å². The van der Waals surface area contributed by atoms with Crippen LogP contribution in [0, 0.1) is 0 Å². The van der Waals surface area contributed by atoms with Crippen molar-refractivity contribution in [3.05, 3.63) is 21.4 Å². The zero-order valence-electron chi connectivity index (χ0n) is 6.68. The summed E-state index contributed by atoms with van der Waals surface area (Å²) in [6, 6.07) is 0. The average molecular weight is 217 g/mol. The van der Waals surface area contributed by atoms with Crippen LogP contribution in [0.3, 0.4) is 0 Å². The molecule has 0 unspecified atom stereocenters. The Morgan fingerprint density at radius 1 is 1.15 bits per heavy atom. The molecule has 0 aromatic carbocycles. The Kier molecular flexibility index (Phi) is 1.44. The van der Waals surface area contributed by atoms with Gasteiger partial charge in [0, 0.05) is 11.1 Å². The van der Waals surface area contributed by atoms with Gasteiger partial charge in [-0.05, 0) is 12.8 Å². The average Bonchev–Trinajstić information content (AvgIpc) is 2.74. The molecule has 1 aromatic rings. The summed E-state index contributed by atoms with van der Waals surface area (Å²) in [5.41, 5.74) is 1.72. The zero-order valence-corrected chi connectivity index (χ0v) is 8.19. The molecule has 1 aliphatic carbocycles. The van der Waals surface area contributed by atoms with E-state index in [1.54, 1.807) is 0 Å². The number of halogens is 2. The molecule has 0 amide bonds. The van der Waals surface area contributed by atoms with Gasteiger partial charge < -0.3 is 4.74 Å². The van der Waals surface area contributed by atoms with Crippen LogP contribution in [-0.2, 0) is 16.9 Å². The smallest absolute Gasteiger partial charge is 0.158 e. The summed E-state index contributed by atoms with van der Waals surface area (Å²) in [4.78, 5) is 0. The van der Waals surface area contributed by atoms with Gasteiger partial charge in [-0.2, -0.15) is 0 Å². The van der Waals surface area contributed by atoms with E-state index in [2.05, 4.69) is 10.2 Å². The van der Waals surface area contributed by atoms with Crippen LogP contribution in [0.1, 0.15) is 24.0 Å². The van der Waals surface area contributed by atoms with Crippen molar-refractivity contribution in [3.63, 3.8) is 0 Å². The Labute approximate surface area is 85.0 Å². The summed E-state index contributed by atoms with van der Waals surface area (Å²) in [7, 11) is 0. The van der Waals surface area contributed by atoms with Gasteiger partial charge in [0.2, 0.25) is 0 Å². The SMILES string of the molecule is Clc1nnc(Cl)c2c1COC21CC1. The lowest BCUT2D eigenvalue weighted by Crippen LogP contribution is -2.05. The Bertz CT molecular complexity index is 390. The van der Waals surface area contributed by atoms with Crippen molar-refractivity contribution < 1.29 is 4.74 Å². The molecule has 3 nitrogen and oxygen atoms in total. The Hall–Kier alpha value is -0.380. The lowest BCUT2D eigenvalue weighted by molar-refractivity contribution is 0.0442. The van der Waals surface area contributed by atoms with Crippen LogP contribution in [0.2, 0.25) is 10.3 Å². The normalized spacial score (nSPS) is 22.0. The summed E-state index contributed by atoms with van der Waals surface area (Å²) >= 11 is 11.8. The lowest BCUT2D eigenvalue weighted by atomic mass is 10.1. The first kappa shape index (κ1) is 7.97. The highest BCUT2D eigenvalue weighted by Gasteiger charge is 2.53. The topological polar surface area (TPSA) is 35.0 Å². The number of nitrogens with zero attached hydrogens (tertiary/aromatic N) is 2. The second-order valence-electron chi connectivity index (χ2n) is 3.42. The second kappa shape index (κ2) is 2.35. The Morgan fingerprint density at radius 2 is 1.85 bits per heavy atom. The molecule has 2 heterocycles. The maximum Gasteiger partial charge on any atom is 0.158 e. The lowest BCUT2D eigenvalue weighted by Gasteiger charge is -2.07. The molecule has 1 aliphatic heterocycles. The third kappa shape index (κ3) is 0.951. The molecule has 1 fully saturated rings. The molecule has 68 valence electrons. The molecule has 5 heteroatoms. The van der Waals surface area contributed by atoms with Gasteiger partial charge in [0.25, 0.3) is 0 Å². The third-order valence-electron chi connectivity index (χ3n) is 2.64. The van der Waals surface area contributed by atoms with E-state index in [1.807, 2.05) is 0 Å². The standard InChI is InChI=1S/C8H6Cl2N2O/c9-6-4-3-13-8(1-2-8)5(4)7(10)12-11-6/h1-3H2. The quantitative estimate of drug-likeness (QED) is 0.668. The highest BCUT2D eigenvalue weighted by atomic mass is 35.5. The van der Waals surface area contributed by atoms with Crippen LogP contribution < -0.4 is 0 Å². The summed E-state index contributed by atoms with van der Waals surface area (Å²) in [6.07, 6.45) is 2.03. The first-order chi connectivity index (χ1) is 6.23. The summed E-state index contributed by atoms with van der Waals surface area (Å²) < 4.78 is 5.63. The highest BCUT2D eigenvalue weighted by molar-refractivity contribution is 6.32. The molecule has 13 heavy (non-hydrogen) atoms. The van der Waals surface area contributed by atoms with Gasteiger partial charge in [-0.1, -0.05) is 23.2 Å². The van der Waals surface area contributed by atoms with Crippen LogP contribution >= 0.6 is 23.2 Å². The molecular weight excluding hydrogens is 211 g/mol. The number of fused-ring (bicyclic) bond motifs is 2. The summed E-state index contributed by atoms with van der Waals surface area (Å²) in [5, 5.41) is 8.40. The Morgan fingerprint density at radius 3 is 2.54 bits per heavy atom. The molecule has 1 aromatic heterocycles. The maximum absolute atomic E-state index is 5.95. The molecule has 0 atom stereocenters. The van der Waals surface area contributed by atoms with Gasteiger partial charge >= 0.3 is 0 Å². The Balaban J connectivity index is 2.28. The van der Waals surface area contributed by atoms with Crippen molar-refractivity contribution in [2.45, 2.75) is 25.0 Å². The second-order valence-corrected chi connectivity index (χ2v) is 4.13. The molecule has 0 saturated heterocycles. The van der Waals surface area contributed by atoms with Crippen molar-refractivity contribution in [2.24, 2.45) is 0 Å². The molecule has 0 radical (unpaired) electrons. The van der Waals surface area contributed by atoms with E-state index in [1.165, 1.54) is 0 Å². The monoisotopic (exact) mass is 216 g/mol. The van der Waals surface area contributed by atoms with Gasteiger partial charge in [-0.3, -0.25) is 0 Å².